The van der Waals surface area contributed by atoms with E-state index in [0.717, 1.165) is 5.39 Å². The molecule has 0 unspecified atom stereocenters. The van der Waals surface area contributed by atoms with Gasteiger partial charge in [-0.2, -0.15) is 0 Å². The molecular formula is C21H20N2O5S. The topological polar surface area (TPSA) is 84.9 Å². The van der Waals surface area contributed by atoms with Crippen LogP contribution in [0, 0.1) is 0 Å². The quantitative estimate of drug-likeness (QED) is 0.694. The Morgan fingerprint density at radius 3 is 2.45 bits per heavy atom. The van der Waals surface area contributed by atoms with Gasteiger partial charge in [-0.3, -0.25) is 9.10 Å². The molecule has 1 amide bonds. The minimum Gasteiger partial charge on any atom is -0.497 e. The van der Waals surface area contributed by atoms with E-state index in [-0.39, 0.29) is 4.90 Å². The number of methoxy groups -OCH3 is 2. The minimum absolute atomic E-state index is 0.212. The summed E-state index contributed by atoms with van der Waals surface area (Å²) in [5.41, 5.74) is 0.898. The summed E-state index contributed by atoms with van der Waals surface area (Å²) in [6.45, 7) is 1.56. The predicted molar refractivity (Wildman–Crippen MR) is 111 cm³/mol. The first kappa shape index (κ1) is 19.1. The Morgan fingerprint density at radius 1 is 1.03 bits per heavy atom. The van der Waals surface area contributed by atoms with Crippen LogP contribution in [-0.2, 0) is 14.8 Å². The fourth-order valence-corrected chi connectivity index (χ4v) is 5.46. The molecule has 0 aliphatic carbocycles. The van der Waals surface area contributed by atoms with Gasteiger partial charge in [-0.05, 0) is 36.6 Å². The summed E-state index contributed by atoms with van der Waals surface area (Å²) in [5, 5.41) is 4.21. The molecule has 0 saturated carbocycles. The van der Waals surface area contributed by atoms with E-state index in [1.165, 1.54) is 18.5 Å². The highest BCUT2D eigenvalue weighted by Crippen LogP contribution is 2.43. The van der Waals surface area contributed by atoms with Crippen molar-refractivity contribution in [1.29, 1.82) is 0 Å². The molecule has 3 aromatic carbocycles. The number of carbonyl (C=O) groups excluding carboxylic acids is 1. The van der Waals surface area contributed by atoms with Crippen molar-refractivity contribution in [2.24, 2.45) is 0 Å². The van der Waals surface area contributed by atoms with Gasteiger partial charge in [-0.15, -0.1) is 0 Å². The van der Waals surface area contributed by atoms with Gasteiger partial charge in [-0.25, -0.2) is 8.42 Å². The standard InChI is InChI=1S/C21H20N2O5S/c1-13(21(24)22-16-12-15(27-2)10-11-18(16)28-3)23-17-8-4-6-14-7-5-9-19(20(14)17)29(23,25)26/h4-13H,1-3H3,(H,22,24)/t13-/m1/s1. The summed E-state index contributed by atoms with van der Waals surface area (Å²) in [6, 6.07) is 14.5. The second-order valence-corrected chi connectivity index (χ2v) is 8.45. The highest BCUT2D eigenvalue weighted by atomic mass is 32.2. The molecule has 3 aromatic rings. The maximum Gasteiger partial charge on any atom is 0.265 e. The second kappa shape index (κ2) is 6.97. The van der Waals surface area contributed by atoms with E-state index in [9.17, 15) is 13.2 Å². The number of rotatable bonds is 5. The predicted octanol–water partition coefficient (Wildman–Crippen LogP) is 3.39. The van der Waals surface area contributed by atoms with E-state index in [4.69, 9.17) is 9.47 Å². The zero-order chi connectivity index (χ0) is 20.8. The molecule has 0 bridgehead atoms. The van der Waals surface area contributed by atoms with Gasteiger partial charge >= 0.3 is 0 Å². The lowest BCUT2D eigenvalue weighted by Gasteiger charge is -2.25. The number of hydrogen-bond donors (Lipinski definition) is 1. The molecule has 8 heteroatoms. The van der Waals surface area contributed by atoms with E-state index < -0.39 is 22.0 Å². The van der Waals surface area contributed by atoms with Crippen molar-refractivity contribution in [3.05, 3.63) is 54.6 Å². The normalized spacial score (nSPS) is 15.2. The van der Waals surface area contributed by atoms with Crippen LogP contribution in [0.2, 0.25) is 0 Å². The van der Waals surface area contributed by atoms with Crippen LogP contribution in [-0.4, -0.2) is 34.6 Å². The highest BCUT2D eigenvalue weighted by Gasteiger charge is 2.40. The largest absolute Gasteiger partial charge is 0.497 e. The Labute approximate surface area is 168 Å². The number of sulfonamides is 1. The maximum atomic E-state index is 13.2. The van der Waals surface area contributed by atoms with Crippen LogP contribution < -0.4 is 19.1 Å². The van der Waals surface area contributed by atoms with E-state index in [2.05, 4.69) is 5.32 Å². The van der Waals surface area contributed by atoms with Gasteiger partial charge in [0.15, 0.2) is 0 Å². The first-order chi connectivity index (χ1) is 13.9. The Bertz CT molecular complexity index is 1220. The number of amides is 1. The van der Waals surface area contributed by atoms with Crippen molar-refractivity contribution in [2.45, 2.75) is 17.9 Å². The van der Waals surface area contributed by atoms with Gasteiger partial charge in [0.2, 0.25) is 5.91 Å². The minimum atomic E-state index is -3.85. The van der Waals surface area contributed by atoms with E-state index in [0.29, 0.717) is 28.3 Å². The number of anilines is 2. The number of hydrogen-bond acceptors (Lipinski definition) is 5. The molecule has 0 fully saturated rings. The number of carbonyl (C=O) groups is 1. The lowest BCUT2D eigenvalue weighted by Crippen LogP contribution is -2.44. The van der Waals surface area contributed by atoms with Crippen molar-refractivity contribution >= 4 is 38.1 Å². The van der Waals surface area contributed by atoms with Gasteiger partial charge in [-0.1, -0.05) is 24.3 Å². The Kier molecular flexibility index (Phi) is 4.58. The average Bonchev–Trinajstić information content (AvgIpc) is 2.96. The summed E-state index contributed by atoms with van der Waals surface area (Å²) >= 11 is 0. The molecule has 4 rings (SSSR count). The first-order valence-corrected chi connectivity index (χ1v) is 10.4. The summed E-state index contributed by atoms with van der Waals surface area (Å²) in [4.78, 5) is 13.2. The zero-order valence-corrected chi connectivity index (χ0v) is 17.0. The number of nitrogens with one attached hydrogen (secondary N) is 1. The third-order valence-corrected chi connectivity index (χ3v) is 6.94. The van der Waals surface area contributed by atoms with Crippen LogP contribution in [0.25, 0.3) is 10.8 Å². The molecule has 1 aliphatic heterocycles. The number of ether oxygens (including phenoxy) is 2. The maximum absolute atomic E-state index is 13.2. The Hall–Kier alpha value is -3.26. The van der Waals surface area contributed by atoms with Crippen molar-refractivity contribution in [3.8, 4) is 11.5 Å². The SMILES string of the molecule is COc1ccc(OC)c(NC(=O)[C@@H](C)N2c3cccc4cccc(c34)S2(=O)=O)c1. The van der Waals surface area contributed by atoms with Crippen LogP contribution >= 0.6 is 0 Å². The zero-order valence-electron chi connectivity index (χ0n) is 16.2. The third kappa shape index (κ3) is 2.96. The van der Waals surface area contributed by atoms with Gasteiger partial charge in [0, 0.05) is 11.5 Å². The fourth-order valence-electron chi connectivity index (χ4n) is 3.59. The van der Waals surface area contributed by atoms with Crippen LogP contribution in [0.3, 0.4) is 0 Å². The van der Waals surface area contributed by atoms with Crippen LogP contribution in [0.4, 0.5) is 11.4 Å². The van der Waals surface area contributed by atoms with Crippen molar-refractivity contribution in [1.82, 2.24) is 0 Å². The van der Waals surface area contributed by atoms with E-state index in [1.807, 2.05) is 12.1 Å². The summed E-state index contributed by atoms with van der Waals surface area (Å²) in [6.07, 6.45) is 0. The van der Waals surface area contributed by atoms with Crippen LogP contribution in [0.5, 0.6) is 11.5 Å². The lowest BCUT2D eigenvalue weighted by atomic mass is 10.1. The van der Waals surface area contributed by atoms with Gasteiger partial charge in [0.05, 0.1) is 30.5 Å². The van der Waals surface area contributed by atoms with Crippen molar-refractivity contribution < 1.29 is 22.7 Å². The molecule has 29 heavy (non-hydrogen) atoms. The molecule has 0 aromatic heterocycles. The van der Waals surface area contributed by atoms with Gasteiger partial charge in [0.25, 0.3) is 10.0 Å². The third-order valence-electron chi connectivity index (χ3n) is 5.01. The second-order valence-electron chi connectivity index (χ2n) is 6.66. The smallest absolute Gasteiger partial charge is 0.265 e. The Balaban J connectivity index is 1.72. The molecule has 1 heterocycles. The van der Waals surface area contributed by atoms with Gasteiger partial charge in [0.1, 0.15) is 17.5 Å². The monoisotopic (exact) mass is 412 g/mol. The average molecular weight is 412 g/mol. The molecule has 0 spiro atoms. The molecule has 0 radical (unpaired) electrons. The Morgan fingerprint density at radius 2 is 1.76 bits per heavy atom. The van der Waals surface area contributed by atoms with Crippen LogP contribution in [0.15, 0.2) is 59.5 Å². The first-order valence-electron chi connectivity index (χ1n) is 8.97. The highest BCUT2D eigenvalue weighted by molar-refractivity contribution is 7.93. The van der Waals surface area contributed by atoms with Crippen molar-refractivity contribution in [3.63, 3.8) is 0 Å². The van der Waals surface area contributed by atoms with E-state index >= 15 is 0 Å². The van der Waals surface area contributed by atoms with Crippen molar-refractivity contribution in [2.75, 3.05) is 23.8 Å². The molecule has 1 N–H and O–H groups in total. The molecule has 150 valence electrons. The van der Waals surface area contributed by atoms with Gasteiger partial charge < -0.3 is 14.8 Å². The molecule has 7 nitrogen and oxygen atoms in total. The molecule has 0 saturated heterocycles. The molecule has 1 aliphatic rings. The summed E-state index contributed by atoms with van der Waals surface area (Å²) in [7, 11) is -0.839. The molecular weight excluding hydrogens is 392 g/mol. The van der Waals surface area contributed by atoms with E-state index in [1.54, 1.807) is 49.4 Å². The fraction of sp³-hybridized carbons (Fsp3) is 0.190. The number of nitrogens with zero attached hydrogens (tertiary/aromatic N) is 1. The number of benzene rings is 3. The lowest BCUT2D eigenvalue weighted by molar-refractivity contribution is -0.116. The van der Waals surface area contributed by atoms with Crippen LogP contribution in [0.1, 0.15) is 6.92 Å². The molecule has 1 atom stereocenters. The summed E-state index contributed by atoms with van der Waals surface area (Å²) in [5.74, 6) is 0.505. The summed E-state index contributed by atoms with van der Waals surface area (Å²) < 4.78 is 38.0.